The number of anilines is 1. The lowest BCUT2D eigenvalue weighted by atomic mass is 9.93. The Balaban J connectivity index is 1.74. The highest BCUT2D eigenvalue weighted by atomic mass is 32.1. The van der Waals surface area contributed by atoms with Gasteiger partial charge in [0.2, 0.25) is 0 Å². The van der Waals surface area contributed by atoms with Gasteiger partial charge in [-0.1, -0.05) is 24.3 Å². The number of rotatable bonds is 4. The summed E-state index contributed by atoms with van der Waals surface area (Å²) >= 11 is 5.86. The SMILES string of the molecule is Cc1cc(N2C(=S)N[C@H](c3ccccn3)[C@H]2c2c(C)c(C)n(-c3ccccc3)c2C)ccc1F. The molecule has 4 nitrogen and oxygen atoms in total. The quantitative estimate of drug-likeness (QED) is 0.349. The predicted octanol–water partition coefficient (Wildman–Crippen LogP) is 6.42. The van der Waals surface area contributed by atoms with Gasteiger partial charge in [0, 0.05) is 34.5 Å². The summed E-state index contributed by atoms with van der Waals surface area (Å²) in [6.45, 7) is 8.26. The van der Waals surface area contributed by atoms with Gasteiger partial charge in [0.1, 0.15) is 5.82 Å². The molecule has 34 heavy (non-hydrogen) atoms. The summed E-state index contributed by atoms with van der Waals surface area (Å²) in [7, 11) is 0. The van der Waals surface area contributed by atoms with Gasteiger partial charge in [0.05, 0.1) is 17.8 Å². The number of aromatic nitrogens is 2. The van der Waals surface area contributed by atoms with Crippen molar-refractivity contribution in [2.75, 3.05) is 4.90 Å². The molecule has 0 amide bonds. The van der Waals surface area contributed by atoms with Crippen molar-refractivity contribution in [3.63, 3.8) is 0 Å². The average molecular weight is 471 g/mol. The van der Waals surface area contributed by atoms with Crippen LogP contribution in [0.4, 0.5) is 10.1 Å². The van der Waals surface area contributed by atoms with Gasteiger partial charge < -0.3 is 14.8 Å². The molecule has 172 valence electrons. The molecular weight excluding hydrogens is 443 g/mol. The Morgan fingerprint density at radius 2 is 1.62 bits per heavy atom. The highest BCUT2D eigenvalue weighted by Crippen LogP contribution is 2.45. The lowest BCUT2D eigenvalue weighted by molar-refractivity contribution is 0.563. The molecule has 2 atom stereocenters. The molecule has 2 aromatic carbocycles. The molecule has 4 aromatic rings. The van der Waals surface area contributed by atoms with E-state index in [1.807, 2.05) is 36.5 Å². The first-order valence-corrected chi connectivity index (χ1v) is 11.8. The number of nitrogens with zero attached hydrogens (tertiary/aromatic N) is 3. The minimum atomic E-state index is -0.224. The molecular formula is C28H27FN4S. The van der Waals surface area contributed by atoms with Crippen LogP contribution >= 0.6 is 12.2 Å². The molecule has 0 radical (unpaired) electrons. The second-order valence-corrected chi connectivity index (χ2v) is 9.20. The highest BCUT2D eigenvalue weighted by Gasteiger charge is 2.43. The number of pyridine rings is 1. The van der Waals surface area contributed by atoms with Gasteiger partial charge in [-0.05, 0) is 93.5 Å². The van der Waals surface area contributed by atoms with Crippen LogP contribution in [0.2, 0.25) is 0 Å². The third kappa shape index (κ3) is 3.59. The lowest BCUT2D eigenvalue weighted by Crippen LogP contribution is -2.30. The number of halogens is 1. The number of para-hydroxylation sites is 1. The van der Waals surface area contributed by atoms with Crippen molar-refractivity contribution in [2.24, 2.45) is 0 Å². The summed E-state index contributed by atoms with van der Waals surface area (Å²) in [6, 6.07) is 21.2. The van der Waals surface area contributed by atoms with Gasteiger partial charge in [-0.3, -0.25) is 4.98 Å². The van der Waals surface area contributed by atoms with Crippen LogP contribution in [0.3, 0.4) is 0 Å². The third-order valence-corrected chi connectivity index (χ3v) is 7.15. The Morgan fingerprint density at radius 3 is 2.29 bits per heavy atom. The smallest absolute Gasteiger partial charge is 0.174 e. The molecule has 6 heteroatoms. The van der Waals surface area contributed by atoms with Crippen LogP contribution in [0.15, 0.2) is 72.9 Å². The van der Waals surface area contributed by atoms with Crippen LogP contribution in [0.25, 0.3) is 5.69 Å². The molecule has 5 rings (SSSR count). The minimum Gasteiger partial charge on any atom is -0.351 e. The molecule has 1 saturated heterocycles. The van der Waals surface area contributed by atoms with Crippen molar-refractivity contribution in [1.29, 1.82) is 0 Å². The predicted molar refractivity (Wildman–Crippen MR) is 139 cm³/mol. The number of nitrogens with one attached hydrogen (secondary N) is 1. The van der Waals surface area contributed by atoms with Crippen molar-refractivity contribution in [1.82, 2.24) is 14.9 Å². The van der Waals surface area contributed by atoms with Crippen molar-refractivity contribution in [3.8, 4) is 5.69 Å². The first kappa shape index (κ1) is 22.3. The summed E-state index contributed by atoms with van der Waals surface area (Å²) in [6.07, 6.45) is 1.81. The van der Waals surface area contributed by atoms with E-state index in [-0.39, 0.29) is 17.9 Å². The maximum absolute atomic E-state index is 14.1. The van der Waals surface area contributed by atoms with Gasteiger partial charge in [-0.2, -0.15) is 0 Å². The number of benzene rings is 2. The first-order chi connectivity index (χ1) is 16.4. The summed E-state index contributed by atoms with van der Waals surface area (Å²) in [5, 5.41) is 4.12. The monoisotopic (exact) mass is 470 g/mol. The fourth-order valence-electron chi connectivity index (χ4n) is 5.11. The van der Waals surface area contributed by atoms with Crippen LogP contribution in [0, 0.1) is 33.5 Å². The van der Waals surface area contributed by atoms with Gasteiger partial charge in [0.25, 0.3) is 0 Å². The van der Waals surface area contributed by atoms with E-state index in [0.717, 1.165) is 22.8 Å². The Morgan fingerprint density at radius 1 is 0.882 bits per heavy atom. The number of aryl methyl sites for hydroxylation is 1. The third-order valence-electron chi connectivity index (χ3n) is 6.84. The fraction of sp³-hybridized carbons (Fsp3) is 0.214. The zero-order valence-corrected chi connectivity index (χ0v) is 20.5. The number of hydrogen-bond donors (Lipinski definition) is 1. The van der Waals surface area contributed by atoms with Gasteiger partial charge in [-0.15, -0.1) is 0 Å². The Hall–Kier alpha value is -3.51. The molecule has 0 unspecified atom stereocenters. The molecule has 1 fully saturated rings. The number of hydrogen-bond acceptors (Lipinski definition) is 2. The second-order valence-electron chi connectivity index (χ2n) is 8.81. The molecule has 0 saturated carbocycles. The van der Waals surface area contributed by atoms with E-state index < -0.39 is 0 Å². The minimum absolute atomic E-state index is 0.143. The second kappa shape index (κ2) is 8.69. The topological polar surface area (TPSA) is 33.1 Å². The van der Waals surface area contributed by atoms with Crippen molar-refractivity contribution in [2.45, 2.75) is 39.8 Å². The standard InChI is InChI=1S/C28H27FN4S/c1-17-16-22(13-14-23(17)29)33-27(26(31-28(33)34)24-12-8-9-15-30-24)25-18(2)19(3)32(20(25)4)21-10-6-5-7-11-21/h5-16,26-27H,1-4H3,(H,31,34)/t26-,27-/m1/s1. The van der Waals surface area contributed by atoms with Crippen molar-refractivity contribution >= 4 is 23.0 Å². The lowest BCUT2D eigenvalue weighted by Gasteiger charge is -2.29. The molecule has 2 aromatic heterocycles. The maximum Gasteiger partial charge on any atom is 0.174 e. The normalized spacial score (nSPS) is 17.8. The largest absolute Gasteiger partial charge is 0.351 e. The van der Waals surface area contributed by atoms with Crippen LogP contribution in [0.5, 0.6) is 0 Å². The Labute approximate surface area is 205 Å². The number of thiocarbonyl (C=S) groups is 1. The molecule has 0 aliphatic carbocycles. The van der Waals surface area contributed by atoms with Crippen LogP contribution < -0.4 is 10.2 Å². The Kier molecular flexibility index (Phi) is 5.70. The van der Waals surface area contributed by atoms with Crippen LogP contribution in [0.1, 0.15) is 45.9 Å². The van der Waals surface area contributed by atoms with Gasteiger partial charge in [0.15, 0.2) is 5.11 Å². The molecule has 0 bridgehead atoms. The first-order valence-electron chi connectivity index (χ1n) is 11.4. The molecule has 1 N–H and O–H groups in total. The fourth-order valence-corrected chi connectivity index (χ4v) is 5.46. The van der Waals surface area contributed by atoms with E-state index in [1.165, 1.54) is 22.9 Å². The van der Waals surface area contributed by atoms with Crippen LogP contribution in [-0.4, -0.2) is 14.7 Å². The van der Waals surface area contributed by atoms with E-state index in [9.17, 15) is 4.39 Å². The summed E-state index contributed by atoms with van der Waals surface area (Å²) in [4.78, 5) is 6.78. The summed E-state index contributed by atoms with van der Waals surface area (Å²) < 4.78 is 16.4. The summed E-state index contributed by atoms with van der Waals surface area (Å²) in [5.74, 6) is -0.224. The summed E-state index contributed by atoms with van der Waals surface area (Å²) in [5.41, 5.74) is 8.25. The maximum atomic E-state index is 14.1. The molecule has 3 heterocycles. The molecule has 1 aliphatic heterocycles. The zero-order chi connectivity index (χ0) is 24.0. The van der Waals surface area contributed by atoms with Gasteiger partial charge in [-0.25, -0.2) is 4.39 Å². The van der Waals surface area contributed by atoms with Gasteiger partial charge >= 0.3 is 0 Å². The Bertz CT molecular complexity index is 1360. The van der Waals surface area contributed by atoms with E-state index in [2.05, 4.69) is 64.8 Å². The molecule has 1 aliphatic rings. The van der Waals surface area contributed by atoms with E-state index >= 15 is 0 Å². The van der Waals surface area contributed by atoms with Crippen molar-refractivity contribution in [3.05, 3.63) is 113 Å². The van der Waals surface area contributed by atoms with Crippen LogP contribution in [-0.2, 0) is 0 Å². The van der Waals surface area contributed by atoms with E-state index in [1.54, 1.807) is 13.0 Å². The van der Waals surface area contributed by atoms with E-state index in [4.69, 9.17) is 12.2 Å². The zero-order valence-electron chi connectivity index (χ0n) is 19.7. The average Bonchev–Trinajstić information content (AvgIpc) is 3.29. The van der Waals surface area contributed by atoms with Crippen molar-refractivity contribution < 1.29 is 4.39 Å². The van der Waals surface area contributed by atoms with E-state index in [0.29, 0.717) is 10.7 Å². The molecule has 0 spiro atoms. The highest BCUT2D eigenvalue weighted by molar-refractivity contribution is 7.80.